The minimum absolute atomic E-state index is 0.0418. The first kappa shape index (κ1) is 22.0. The molecule has 0 spiro atoms. The predicted molar refractivity (Wildman–Crippen MR) is 109 cm³/mol. The molecule has 2 aliphatic heterocycles. The van der Waals surface area contributed by atoms with Gasteiger partial charge in [-0.3, -0.25) is 14.4 Å². The van der Waals surface area contributed by atoms with E-state index in [-0.39, 0.29) is 36.6 Å². The van der Waals surface area contributed by atoms with Crippen LogP contribution in [-0.2, 0) is 14.4 Å². The van der Waals surface area contributed by atoms with E-state index in [0.29, 0.717) is 25.1 Å². The number of piperidine rings is 1. The van der Waals surface area contributed by atoms with Crippen LogP contribution in [0.4, 0.5) is 0 Å². The number of hydrogen-bond donors (Lipinski definition) is 2. The molecule has 3 amide bonds. The SMILES string of the molecule is C=CCC(NC(=O)[C@@H]1CCCN1C(=O)CCC(=O)N1CCCCC1)/C(N)=C\C. The molecule has 2 fully saturated rings. The predicted octanol–water partition coefficient (Wildman–Crippen LogP) is 1.69. The van der Waals surface area contributed by atoms with Crippen molar-refractivity contribution in [2.45, 2.75) is 70.4 Å². The molecule has 2 rings (SSSR count). The molecule has 2 saturated heterocycles. The van der Waals surface area contributed by atoms with E-state index >= 15 is 0 Å². The summed E-state index contributed by atoms with van der Waals surface area (Å²) in [6.07, 6.45) is 9.04. The topological polar surface area (TPSA) is 95.7 Å². The number of likely N-dealkylation sites (tertiary alicyclic amines) is 2. The largest absolute Gasteiger partial charge is 0.401 e. The molecule has 2 atom stereocenters. The van der Waals surface area contributed by atoms with Gasteiger partial charge in [0.15, 0.2) is 0 Å². The molecule has 0 radical (unpaired) electrons. The molecule has 2 aliphatic rings. The van der Waals surface area contributed by atoms with Crippen LogP contribution in [0.1, 0.15) is 58.3 Å². The maximum Gasteiger partial charge on any atom is 0.243 e. The van der Waals surface area contributed by atoms with E-state index < -0.39 is 6.04 Å². The molecule has 156 valence electrons. The van der Waals surface area contributed by atoms with Crippen molar-refractivity contribution >= 4 is 17.7 Å². The maximum atomic E-state index is 12.8. The van der Waals surface area contributed by atoms with Crippen molar-refractivity contribution in [2.75, 3.05) is 19.6 Å². The van der Waals surface area contributed by atoms with Crippen molar-refractivity contribution in [1.82, 2.24) is 15.1 Å². The van der Waals surface area contributed by atoms with Gasteiger partial charge in [0.05, 0.1) is 6.04 Å². The standard InChI is InChI=1S/C21H34N4O3/c1-3-9-17(16(22)4-2)23-21(28)18-10-8-15-25(18)20(27)12-11-19(26)24-13-6-5-7-14-24/h3-4,17-18H,1,5-15,22H2,2H3,(H,23,28)/b16-4+/t17?,18-/m0/s1. The fourth-order valence-electron chi connectivity index (χ4n) is 3.91. The number of nitrogens with zero attached hydrogens (tertiary/aromatic N) is 2. The van der Waals surface area contributed by atoms with Gasteiger partial charge in [-0.05, 0) is 45.4 Å². The molecule has 0 aromatic heterocycles. The van der Waals surface area contributed by atoms with Crippen molar-refractivity contribution in [3.8, 4) is 0 Å². The average molecular weight is 391 g/mol. The van der Waals surface area contributed by atoms with Gasteiger partial charge in [-0.2, -0.15) is 0 Å². The van der Waals surface area contributed by atoms with E-state index in [0.717, 1.165) is 38.8 Å². The smallest absolute Gasteiger partial charge is 0.243 e. The molecule has 0 saturated carbocycles. The monoisotopic (exact) mass is 390 g/mol. The van der Waals surface area contributed by atoms with Gasteiger partial charge in [0, 0.05) is 38.2 Å². The number of nitrogens with two attached hydrogens (primary N) is 1. The molecular weight excluding hydrogens is 356 g/mol. The van der Waals surface area contributed by atoms with Gasteiger partial charge in [0.2, 0.25) is 17.7 Å². The zero-order chi connectivity index (χ0) is 20.5. The zero-order valence-electron chi connectivity index (χ0n) is 17.0. The Labute approximate surface area is 168 Å². The Morgan fingerprint density at radius 2 is 1.79 bits per heavy atom. The number of amides is 3. The fourth-order valence-corrected chi connectivity index (χ4v) is 3.91. The number of carbonyl (C=O) groups excluding carboxylic acids is 3. The van der Waals surface area contributed by atoms with Crippen LogP contribution in [0.2, 0.25) is 0 Å². The second-order valence-electron chi connectivity index (χ2n) is 7.56. The van der Waals surface area contributed by atoms with Crippen molar-refractivity contribution in [3.63, 3.8) is 0 Å². The van der Waals surface area contributed by atoms with Crippen LogP contribution >= 0.6 is 0 Å². The van der Waals surface area contributed by atoms with Gasteiger partial charge >= 0.3 is 0 Å². The summed E-state index contributed by atoms with van der Waals surface area (Å²) in [5.41, 5.74) is 6.55. The van der Waals surface area contributed by atoms with E-state index in [4.69, 9.17) is 5.73 Å². The summed E-state index contributed by atoms with van der Waals surface area (Å²) in [7, 11) is 0. The number of hydrogen-bond acceptors (Lipinski definition) is 4. The molecule has 3 N–H and O–H groups in total. The van der Waals surface area contributed by atoms with Crippen LogP contribution in [0, 0.1) is 0 Å². The number of carbonyl (C=O) groups is 3. The molecule has 0 bridgehead atoms. The lowest BCUT2D eigenvalue weighted by Gasteiger charge is -2.28. The van der Waals surface area contributed by atoms with Gasteiger partial charge in [0.1, 0.15) is 6.04 Å². The van der Waals surface area contributed by atoms with Gasteiger partial charge in [-0.15, -0.1) is 6.58 Å². The van der Waals surface area contributed by atoms with E-state index in [2.05, 4.69) is 11.9 Å². The summed E-state index contributed by atoms with van der Waals surface area (Å²) in [5.74, 6) is -0.271. The maximum absolute atomic E-state index is 12.8. The summed E-state index contributed by atoms with van der Waals surface area (Å²) in [6.45, 7) is 7.67. The highest BCUT2D eigenvalue weighted by Gasteiger charge is 2.35. The Bertz CT molecular complexity index is 611. The molecule has 1 unspecified atom stereocenters. The zero-order valence-corrected chi connectivity index (χ0v) is 17.0. The molecular formula is C21H34N4O3. The number of allylic oxidation sites excluding steroid dienone is 1. The van der Waals surface area contributed by atoms with Crippen LogP contribution in [0.5, 0.6) is 0 Å². The number of nitrogens with one attached hydrogen (secondary N) is 1. The molecule has 28 heavy (non-hydrogen) atoms. The lowest BCUT2D eigenvalue weighted by molar-refractivity contribution is -0.141. The first-order valence-corrected chi connectivity index (χ1v) is 10.4. The fraction of sp³-hybridized carbons (Fsp3) is 0.667. The minimum atomic E-state index is -0.491. The molecule has 7 heteroatoms. The Balaban J connectivity index is 1.89. The van der Waals surface area contributed by atoms with Crippen molar-refractivity contribution < 1.29 is 14.4 Å². The molecule has 7 nitrogen and oxygen atoms in total. The quantitative estimate of drug-likeness (QED) is 0.617. The van der Waals surface area contributed by atoms with Crippen LogP contribution in [0.15, 0.2) is 24.4 Å². The lowest BCUT2D eigenvalue weighted by atomic mass is 10.1. The third kappa shape index (κ3) is 5.84. The summed E-state index contributed by atoms with van der Waals surface area (Å²) < 4.78 is 0. The van der Waals surface area contributed by atoms with Crippen molar-refractivity contribution in [2.24, 2.45) is 5.73 Å². The van der Waals surface area contributed by atoms with Crippen LogP contribution < -0.4 is 11.1 Å². The van der Waals surface area contributed by atoms with Crippen LogP contribution in [0.25, 0.3) is 0 Å². The summed E-state index contributed by atoms with van der Waals surface area (Å²) in [5, 5.41) is 2.94. The average Bonchev–Trinajstić information content (AvgIpc) is 3.21. The summed E-state index contributed by atoms with van der Waals surface area (Å²) in [4.78, 5) is 41.2. The molecule has 0 aromatic rings. The summed E-state index contributed by atoms with van der Waals surface area (Å²) >= 11 is 0. The van der Waals surface area contributed by atoms with E-state index in [9.17, 15) is 14.4 Å². The highest BCUT2D eigenvalue weighted by molar-refractivity contribution is 5.90. The first-order chi connectivity index (χ1) is 13.5. The molecule has 0 aliphatic carbocycles. The van der Waals surface area contributed by atoms with Crippen LogP contribution in [-0.4, -0.2) is 59.2 Å². The van der Waals surface area contributed by atoms with Gasteiger partial charge in [-0.25, -0.2) is 0 Å². The molecule has 0 aromatic carbocycles. The van der Waals surface area contributed by atoms with E-state index in [1.807, 2.05) is 11.8 Å². The Kier molecular flexibility index (Phi) is 8.54. The van der Waals surface area contributed by atoms with Crippen LogP contribution in [0.3, 0.4) is 0 Å². The lowest BCUT2D eigenvalue weighted by Crippen LogP contribution is -2.50. The molecule has 2 heterocycles. The highest BCUT2D eigenvalue weighted by Crippen LogP contribution is 2.20. The Hall–Kier alpha value is -2.31. The minimum Gasteiger partial charge on any atom is -0.401 e. The van der Waals surface area contributed by atoms with Crippen molar-refractivity contribution in [1.29, 1.82) is 0 Å². The normalized spacial score (nSPS) is 21.3. The second-order valence-corrected chi connectivity index (χ2v) is 7.56. The Morgan fingerprint density at radius 3 is 2.43 bits per heavy atom. The Morgan fingerprint density at radius 1 is 1.11 bits per heavy atom. The first-order valence-electron chi connectivity index (χ1n) is 10.4. The number of rotatable bonds is 8. The van der Waals surface area contributed by atoms with E-state index in [1.54, 1.807) is 17.1 Å². The third-order valence-electron chi connectivity index (χ3n) is 5.59. The summed E-state index contributed by atoms with van der Waals surface area (Å²) in [6, 6.07) is -0.803. The van der Waals surface area contributed by atoms with Gasteiger partial charge < -0.3 is 20.9 Å². The van der Waals surface area contributed by atoms with Gasteiger partial charge in [0.25, 0.3) is 0 Å². The highest BCUT2D eigenvalue weighted by atomic mass is 16.2. The van der Waals surface area contributed by atoms with Crippen molar-refractivity contribution in [3.05, 3.63) is 24.4 Å². The third-order valence-corrected chi connectivity index (χ3v) is 5.59. The van der Waals surface area contributed by atoms with E-state index in [1.165, 1.54) is 0 Å². The second kappa shape index (κ2) is 10.9. The van der Waals surface area contributed by atoms with Gasteiger partial charge in [-0.1, -0.05) is 12.2 Å².